The smallest absolute Gasteiger partial charge is 0.163 e. The number of rotatable bonds is 3. The summed E-state index contributed by atoms with van der Waals surface area (Å²) in [7, 11) is 0. The normalized spacial score (nSPS) is 12.7. The third-order valence-electron chi connectivity index (χ3n) is 0.951. The van der Waals surface area contributed by atoms with Crippen molar-refractivity contribution in [2.24, 2.45) is 5.73 Å². The molecule has 0 saturated carbocycles. The molecule has 4 N–H and O–H groups in total. The number of hydrogen-bond donors (Lipinski definition) is 3. The summed E-state index contributed by atoms with van der Waals surface area (Å²) in [6, 6.07) is 0.174. The summed E-state index contributed by atoms with van der Waals surface area (Å²) in [5, 5.41) is 11.5. The predicted octanol–water partition coefficient (Wildman–Crippen LogP) is -0.409. The van der Waals surface area contributed by atoms with Crippen molar-refractivity contribution in [2.45, 2.75) is 19.4 Å². The summed E-state index contributed by atoms with van der Waals surface area (Å²) in [5.74, 6) is 0. The molecule has 3 nitrogen and oxygen atoms in total. The van der Waals surface area contributed by atoms with Crippen LogP contribution in [-0.2, 0) is 0 Å². The van der Waals surface area contributed by atoms with Crippen molar-refractivity contribution in [2.75, 3.05) is 6.61 Å². The molecule has 0 radical (unpaired) electrons. The molecule has 0 aromatic carbocycles. The zero-order chi connectivity index (χ0) is 7.28. The van der Waals surface area contributed by atoms with Gasteiger partial charge >= 0.3 is 0 Å². The molecule has 0 aliphatic carbocycles. The number of hydrogen-bond acceptors (Lipinski definition) is 2. The van der Waals surface area contributed by atoms with Gasteiger partial charge in [-0.2, -0.15) is 0 Å². The number of nitrogens with two attached hydrogens (primary N) is 1. The molecule has 0 aromatic rings. The molecule has 0 fully saturated rings. The summed E-state index contributed by atoms with van der Waals surface area (Å²) >= 11 is 4.57. The number of aliphatic hydroxyl groups is 1. The van der Waals surface area contributed by atoms with Gasteiger partial charge in [-0.1, -0.05) is 0 Å². The average Bonchev–Trinajstić information content (AvgIpc) is 1.63. The van der Waals surface area contributed by atoms with E-state index in [0.29, 0.717) is 6.42 Å². The van der Waals surface area contributed by atoms with Crippen molar-refractivity contribution in [1.82, 2.24) is 5.32 Å². The van der Waals surface area contributed by atoms with Gasteiger partial charge in [0.25, 0.3) is 0 Å². The van der Waals surface area contributed by atoms with Gasteiger partial charge in [-0.15, -0.1) is 0 Å². The second-order valence-corrected chi connectivity index (χ2v) is 2.36. The van der Waals surface area contributed by atoms with Crippen LogP contribution < -0.4 is 11.1 Å². The van der Waals surface area contributed by atoms with Crippen LogP contribution in [0.25, 0.3) is 0 Å². The molecule has 0 heterocycles. The van der Waals surface area contributed by atoms with Crippen molar-refractivity contribution in [3.05, 3.63) is 0 Å². The standard InChI is InChI=1S/C5H12N2OS/c1-4(2-3-8)7-5(6)9/h4,8H,2-3H2,1H3,(H3,6,7,9). The maximum absolute atomic E-state index is 8.43. The predicted molar refractivity (Wildman–Crippen MR) is 41.1 cm³/mol. The molecule has 0 bridgehead atoms. The second kappa shape index (κ2) is 4.52. The van der Waals surface area contributed by atoms with Crippen LogP contribution in [0.4, 0.5) is 0 Å². The van der Waals surface area contributed by atoms with Crippen LogP contribution >= 0.6 is 12.2 Å². The molecular formula is C5H12N2OS. The van der Waals surface area contributed by atoms with Gasteiger partial charge in [0.2, 0.25) is 0 Å². The Morgan fingerprint density at radius 1 is 1.89 bits per heavy atom. The van der Waals surface area contributed by atoms with Crippen LogP contribution in [0.1, 0.15) is 13.3 Å². The molecule has 0 amide bonds. The molecule has 54 valence electrons. The first kappa shape index (κ1) is 8.65. The quantitative estimate of drug-likeness (QED) is 0.476. The highest BCUT2D eigenvalue weighted by Crippen LogP contribution is 1.86. The van der Waals surface area contributed by atoms with E-state index < -0.39 is 0 Å². The van der Waals surface area contributed by atoms with Crippen LogP contribution in [0.2, 0.25) is 0 Å². The van der Waals surface area contributed by atoms with E-state index in [1.165, 1.54) is 0 Å². The van der Waals surface area contributed by atoms with Gasteiger partial charge in [0, 0.05) is 12.6 Å². The van der Waals surface area contributed by atoms with Crippen LogP contribution in [0.5, 0.6) is 0 Å². The molecule has 0 aliphatic rings. The van der Waals surface area contributed by atoms with Gasteiger partial charge in [-0.3, -0.25) is 0 Å². The number of aliphatic hydroxyl groups excluding tert-OH is 1. The van der Waals surface area contributed by atoms with Crippen molar-refractivity contribution in [1.29, 1.82) is 0 Å². The van der Waals surface area contributed by atoms with Crippen molar-refractivity contribution in [3.8, 4) is 0 Å². The fourth-order valence-corrected chi connectivity index (χ4v) is 0.710. The van der Waals surface area contributed by atoms with E-state index in [2.05, 4.69) is 17.5 Å². The van der Waals surface area contributed by atoms with E-state index in [1.54, 1.807) is 0 Å². The zero-order valence-electron chi connectivity index (χ0n) is 5.42. The van der Waals surface area contributed by atoms with Crippen molar-refractivity contribution >= 4 is 17.3 Å². The minimum atomic E-state index is 0.163. The Labute approximate surface area is 60.2 Å². The monoisotopic (exact) mass is 148 g/mol. The van der Waals surface area contributed by atoms with Crippen LogP contribution in [0.15, 0.2) is 0 Å². The lowest BCUT2D eigenvalue weighted by molar-refractivity contribution is 0.275. The van der Waals surface area contributed by atoms with Crippen molar-refractivity contribution < 1.29 is 5.11 Å². The van der Waals surface area contributed by atoms with Gasteiger partial charge in [-0.25, -0.2) is 0 Å². The SMILES string of the molecule is CC(CCO)NC(N)=S. The van der Waals surface area contributed by atoms with Crippen LogP contribution in [0.3, 0.4) is 0 Å². The molecule has 4 heteroatoms. The summed E-state index contributed by atoms with van der Waals surface area (Å²) in [5.41, 5.74) is 5.16. The molecular weight excluding hydrogens is 136 g/mol. The molecule has 1 atom stereocenters. The Kier molecular flexibility index (Phi) is 4.35. The highest BCUT2D eigenvalue weighted by atomic mass is 32.1. The summed E-state index contributed by atoms with van der Waals surface area (Å²) < 4.78 is 0. The van der Waals surface area contributed by atoms with Gasteiger partial charge < -0.3 is 16.2 Å². The maximum atomic E-state index is 8.43. The van der Waals surface area contributed by atoms with Crippen molar-refractivity contribution in [3.63, 3.8) is 0 Å². The summed E-state index contributed by atoms with van der Waals surface area (Å²) in [6.45, 7) is 2.08. The zero-order valence-corrected chi connectivity index (χ0v) is 6.24. The van der Waals surface area contributed by atoms with E-state index in [1.807, 2.05) is 6.92 Å². The molecule has 0 spiro atoms. The van der Waals surface area contributed by atoms with Gasteiger partial charge in [-0.05, 0) is 25.6 Å². The lowest BCUT2D eigenvalue weighted by Gasteiger charge is -2.10. The highest BCUT2D eigenvalue weighted by molar-refractivity contribution is 7.80. The Morgan fingerprint density at radius 3 is 2.78 bits per heavy atom. The Bertz CT molecular complexity index is 97.0. The minimum Gasteiger partial charge on any atom is -0.396 e. The Balaban J connectivity index is 3.26. The topological polar surface area (TPSA) is 58.3 Å². The maximum Gasteiger partial charge on any atom is 0.163 e. The fourth-order valence-electron chi connectivity index (χ4n) is 0.509. The third-order valence-corrected chi connectivity index (χ3v) is 1.07. The third kappa shape index (κ3) is 5.52. The van der Waals surface area contributed by atoms with Crippen LogP contribution in [0, 0.1) is 0 Å². The highest BCUT2D eigenvalue weighted by Gasteiger charge is 1.98. The molecule has 0 aliphatic heterocycles. The van der Waals surface area contributed by atoms with E-state index in [-0.39, 0.29) is 17.8 Å². The first-order chi connectivity index (χ1) is 4.16. The van der Waals surface area contributed by atoms with Gasteiger partial charge in [0.15, 0.2) is 5.11 Å². The van der Waals surface area contributed by atoms with E-state index in [9.17, 15) is 0 Å². The molecule has 9 heavy (non-hydrogen) atoms. The Morgan fingerprint density at radius 2 is 2.44 bits per heavy atom. The molecule has 0 saturated heterocycles. The van der Waals surface area contributed by atoms with E-state index in [4.69, 9.17) is 10.8 Å². The van der Waals surface area contributed by atoms with Crippen LogP contribution in [-0.4, -0.2) is 22.9 Å². The molecule has 0 aromatic heterocycles. The lowest BCUT2D eigenvalue weighted by atomic mass is 10.2. The van der Waals surface area contributed by atoms with Gasteiger partial charge in [0.05, 0.1) is 0 Å². The summed E-state index contributed by atoms with van der Waals surface area (Å²) in [4.78, 5) is 0. The molecule has 0 rings (SSSR count). The fraction of sp³-hybridized carbons (Fsp3) is 0.800. The number of thiocarbonyl (C=S) groups is 1. The minimum absolute atomic E-state index is 0.163. The number of nitrogens with one attached hydrogen (secondary N) is 1. The lowest BCUT2D eigenvalue weighted by Crippen LogP contribution is -2.36. The largest absolute Gasteiger partial charge is 0.396 e. The second-order valence-electron chi connectivity index (χ2n) is 1.92. The first-order valence-corrected chi connectivity index (χ1v) is 3.24. The Hall–Kier alpha value is -0.350. The van der Waals surface area contributed by atoms with Gasteiger partial charge in [0.1, 0.15) is 0 Å². The van der Waals surface area contributed by atoms with E-state index in [0.717, 1.165) is 0 Å². The average molecular weight is 148 g/mol. The molecule has 1 unspecified atom stereocenters. The first-order valence-electron chi connectivity index (χ1n) is 2.83. The summed E-state index contributed by atoms with van der Waals surface area (Å²) in [6.07, 6.45) is 0.678. The van der Waals surface area contributed by atoms with E-state index >= 15 is 0 Å².